The van der Waals surface area contributed by atoms with E-state index in [1.54, 1.807) is 7.11 Å². The third-order valence-corrected chi connectivity index (χ3v) is 5.27. The van der Waals surface area contributed by atoms with E-state index in [4.69, 9.17) is 9.47 Å². The van der Waals surface area contributed by atoms with Crippen LogP contribution in [0.5, 0.6) is 5.75 Å². The van der Waals surface area contributed by atoms with Crippen LogP contribution < -0.4 is 10.1 Å². The van der Waals surface area contributed by atoms with Gasteiger partial charge in [-0.3, -0.25) is 0 Å². The maximum absolute atomic E-state index is 6.17. The Balaban J connectivity index is 1.71. The second kappa shape index (κ2) is 6.57. The summed E-state index contributed by atoms with van der Waals surface area (Å²) in [7, 11) is 1.72. The van der Waals surface area contributed by atoms with E-state index in [1.807, 2.05) is 12.1 Å². The SMILES string of the molecule is COc1ccc(Br)cc1NC1CCOC2(CCCCC2)C1. The zero-order chi connectivity index (χ0) is 14.7. The Labute approximate surface area is 135 Å². The van der Waals surface area contributed by atoms with Crippen LogP contribution in [0, 0.1) is 0 Å². The molecule has 1 spiro atoms. The minimum Gasteiger partial charge on any atom is -0.495 e. The summed E-state index contributed by atoms with van der Waals surface area (Å²) in [4.78, 5) is 0. The van der Waals surface area contributed by atoms with E-state index in [1.165, 1.54) is 32.1 Å². The van der Waals surface area contributed by atoms with Crippen molar-refractivity contribution < 1.29 is 9.47 Å². The first-order chi connectivity index (χ1) is 10.2. The van der Waals surface area contributed by atoms with Crippen LogP contribution in [0.3, 0.4) is 0 Å². The summed E-state index contributed by atoms with van der Waals surface area (Å²) in [5, 5.41) is 3.68. The fourth-order valence-electron chi connectivity index (χ4n) is 3.71. The molecule has 4 heteroatoms. The van der Waals surface area contributed by atoms with Crippen molar-refractivity contribution in [1.29, 1.82) is 0 Å². The van der Waals surface area contributed by atoms with E-state index < -0.39 is 0 Å². The number of halogens is 1. The summed E-state index contributed by atoms with van der Waals surface area (Å²) in [6, 6.07) is 6.58. The van der Waals surface area contributed by atoms with E-state index in [0.29, 0.717) is 6.04 Å². The number of benzene rings is 1. The van der Waals surface area contributed by atoms with Crippen LogP contribution in [0.2, 0.25) is 0 Å². The van der Waals surface area contributed by atoms with Crippen LogP contribution in [-0.4, -0.2) is 25.4 Å². The Morgan fingerprint density at radius 2 is 2.10 bits per heavy atom. The zero-order valence-corrected chi connectivity index (χ0v) is 14.2. The van der Waals surface area contributed by atoms with Crippen LogP contribution in [0.4, 0.5) is 5.69 Å². The first-order valence-corrected chi connectivity index (χ1v) is 8.74. The highest BCUT2D eigenvalue weighted by Crippen LogP contribution is 2.40. The molecular formula is C17H24BrNO2. The van der Waals surface area contributed by atoms with E-state index in [2.05, 4.69) is 27.3 Å². The third-order valence-electron chi connectivity index (χ3n) is 4.78. The maximum Gasteiger partial charge on any atom is 0.142 e. The molecule has 3 nitrogen and oxygen atoms in total. The van der Waals surface area contributed by atoms with Crippen LogP contribution >= 0.6 is 15.9 Å². The normalized spacial score (nSPS) is 24.8. The molecule has 0 bridgehead atoms. The van der Waals surface area contributed by atoms with Crippen molar-refractivity contribution in [2.45, 2.75) is 56.6 Å². The molecule has 0 radical (unpaired) electrons. The average molecular weight is 354 g/mol. The van der Waals surface area contributed by atoms with Gasteiger partial charge >= 0.3 is 0 Å². The molecule has 2 fully saturated rings. The monoisotopic (exact) mass is 353 g/mol. The average Bonchev–Trinajstić information content (AvgIpc) is 2.48. The van der Waals surface area contributed by atoms with Gasteiger partial charge in [0.2, 0.25) is 0 Å². The Kier molecular flexibility index (Phi) is 4.75. The number of methoxy groups -OCH3 is 1. The van der Waals surface area contributed by atoms with Gasteiger partial charge in [-0.05, 0) is 43.9 Å². The summed E-state index contributed by atoms with van der Waals surface area (Å²) in [5.41, 5.74) is 1.21. The number of hydrogen-bond acceptors (Lipinski definition) is 3. The summed E-state index contributed by atoms with van der Waals surface area (Å²) < 4.78 is 12.7. The van der Waals surface area contributed by atoms with Crippen molar-refractivity contribution in [1.82, 2.24) is 0 Å². The van der Waals surface area contributed by atoms with Crippen molar-refractivity contribution in [2.75, 3.05) is 19.0 Å². The predicted octanol–water partition coefficient (Wildman–Crippen LogP) is 4.75. The van der Waals surface area contributed by atoms with Crippen molar-refractivity contribution in [3.05, 3.63) is 22.7 Å². The van der Waals surface area contributed by atoms with Gasteiger partial charge in [0.25, 0.3) is 0 Å². The summed E-state index contributed by atoms with van der Waals surface area (Å²) in [6.45, 7) is 0.869. The topological polar surface area (TPSA) is 30.5 Å². The number of hydrogen-bond donors (Lipinski definition) is 1. The quantitative estimate of drug-likeness (QED) is 0.850. The van der Waals surface area contributed by atoms with Gasteiger partial charge in [-0.25, -0.2) is 0 Å². The Bertz CT molecular complexity index is 480. The highest BCUT2D eigenvalue weighted by Gasteiger charge is 2.38. The lowest BCUT2D eigenvalue weighted by molar-refractivity contribution is -0.103. The van der Waals surface area contributed by atoms with Crippen LogP contribution in [-0.2, 0) is 4.74 Å². The standard InChI is InChI=1S/C17H24BrNO2/c1-20-16-6-5-13(18)11-15(16)19-14-7-10-21-17(12-14)8-3-2-4-9-17/h5-6,11,14,19H,2-4,7-10,12H2,1H3. The molecule has 3 rings (SSSR count). The summed E-state index contributed by atoms with van der Waals surface area (Å²) in [5.74, 6) is 0.905. The molecule has 1 unspecified atom stereocenters. The second-order valence-corrected chi connectivity index (χ2v) is 7.19. The van der Waals surface area contributed by atoms with Crippen molar-refractivity contribution in [2.24, 2.45) is 0 Å². The first-order valence-electron chi connectivity index (χ1n) is 7.95. The number of rotatable bonds is 3. The molecule has 1 saturated heterocycles. The molecule has 1 aliphatic carbocycles. The molecule has 0 aromatic heterocycles. The van der Waals surface area contributed by atoms with Crippen molar-refractivity contribution in [3.63, 3.8) is 0 Å². The van der Waals surface area contributed by atoms with E-state index in [9.17, 15) is 0 Å². The molecule has 0 amide bonds. The number of ether oxygens (including phenoxy) is 2. The second-order valence-electron chi connectivity index (χ2n) is 6.27. The van der Waals surface area contributed by atoms with E-state index in [0.717, 1.165) is 35.4 Å². The first kappa shape index (κ1) is 15.2. The lowest BCUT2D eigenvalue weighted by Gasteiger charge is -2.44. The van der Waals surface area contributed by atoms with Gasteiger partial charge < -0.3 is 14.8 Å². The summed E-state index contributed by atoms with van der Waals surface area (Å²) >= 11 is 3.54. The van der Waals surface area contributed by atoms with Crippen LogP contribution in [0.1, 0.15) is 44.9 Å². The lowest BCUT2D eigenvalue weighted by atomic mass is 9.78. The third kappa shape index (κ3) is 3.54. The van der Waals surface area contributed by atoms with Gasteiger partial charge in [0.1, 0.15) is 5.75 Å². The van der Waals surface area contributed by atoms with Gasteiger partial charge in [-0.2, -0.15) is 0 Å². The Morgan fingerprint density at radius 1 is 1.29 bits per heavy atom. The molecule has 1 aromatic rings. The van der Waals surface area contributed by atoms with Gasteiger partial charge in [0.15, 0.2) is 0 Å². The molecule has 21 heavy (non-hydrogen) atoms. The summed E-state index contributed by atoms with van der Waals surface area (Å²) in [6.07, 6.45) is 8.62. The minimum atomic E-state index is 0.132. The molecule has 1 atom stereocenters. The number of anilines is 1. The Morgan fingerprint density at radius 3 is 2.86 bits per heavy atom. The van der Waals surface area contributed by atoms with Crippen molar-refractivity contribution >= 4 is 21.6 Å². The van der Waals surface area contributed by atoms with Gasteiger partial charge in [0.05, 0.1) is 18.4 Å². The van der Waals surface area contributed by atoms with Crippen LogP contribution in [0.25, 0.3) is 0 Å². The van der Waals surface area contributed by atoms with E-state index in [-0.39, 0.29) is 5.60 Å². The predicted molar refractivity (Wildman–Crippen MR) is 89.1 cm³/mol. The highest BCUT2D eigenvalue weighted by molar-refractivity contribution is 9.10. The molecule has 2 aliphatic rings. The molecule has 1 aliphatic heterocycles. The molecule has 1 heterocycles. The minimum absolute atomic E-state index is 0.132. The van der Waals surface area contributed by atoms with Gasteiger partial charge in [-0.1, -0.05) is 35.2 Å². The Hall–Kier alpha value is -0.740. The lowest BCUT2D eigenvalue weighted by Crippen LogP contribution is -2.45. The van der Waals surface area contributed by atoms with Gasteiger partial charge in [-0.15, -0.1) is 0 Å². The maximum atomic E-state index is 6.17. The molecule has 1 aromatic carbocycles. The zero-order valence-electron chi connectivity index (χ0n) is 12.7. The van der Waals surface area contributed by atoms with E-state index >= 15 is 0 Å². The van der Waals surface area contributed by atoms with Gasteiger partial charge in [0, 0.05) is 17.1 Å². The molecular weight excluding hydrogens is 330 g/mol. The van der Waals surface area contributed by atoms with Crippen molar-refractivity contribution in [3.8, 4) is 5.75 Å². The fourth-order valence-corrected chi connectivity index (χ4v) is 4.07. The molecule has 116 valence electrons. The fraction of sp³-hybridized carbons (Fsp3) is 0.647. The molecule has 1 N–H and O–H groups in total. The smallest absolute Gasteiger partial charge is 0.142 e. The highest BCUT2D eigenvalue weighted by atomic mass is 79.9. The molecule has 1 saturated carbocycles. The van der Waals surface area contributed by atoms with Crippen LogP contribution in [0.15, 0.2) is 22.7 Å². The number of nitrogens with one attached hydrogen (secondary N) is 1. The largest absolute Gasteiger partial charge is 0.495 e.